The van der Waals surface area contributed by atoms with E-state index in [9.17, 15) is 29.4 Å². The largest absolute Gasteiger partial charge is 0.453 e. The second-order valence-electron chi connectivity index (χ2n) is 3.65. The maximum absolute atomic E-state index is 13.5. The lowest BCUT2D eigenvalue weighted by molar-refractivity contribution is -0.395. The third-order valence-electron chi connectivity index (χ3n) is 2.47. The Kier molecular flexibility index (Phi) is 3.25. The number of aldehydes is 1. The number of nitrogens with zero attached hydrogens (tertiary/aromatic N) is 2. The highest BCUT2D eigenvalue weighted by molar-refractivity contribution is 5.76. The van der Waals surface area contributed by atoms with E-state index in [1.165, 1.54) is 12.1 Å². The van der Waals surface area contributed by atoms with E-state index in [0.717, 1.165) is 0 Å². The van der Waals surface area contributed by atoms with Crippen LogP contribution in [0.1, 0.15) is 10.6 Å². The molecule has 0 bridgehead atoms. The topological polar surface area (TPSA) is 116 Å². The van der Waals surface area contributed by atoms with Gasteiger partial charge in [-0.15, -0.1) is 0 Å². The molecule has 0 aliphatic heterocycles. The predicted octanol–water partition coefficient (Wildman–Crippen LogP) is 2.71. The first-order valence-corrected chi connectivity index (χ1v) is 5.11. The number of halogens is 1. The minimum absolute atomic E-state index is 0.104. The Morgan fingerprint density at radius 2 is 1.75 bits per heavy atom. The highest BCUT2D eigenvalue weighted by Crippen LogP contribution is 2.35. The molecule has 1 aromatic carbocycles. The molecule has 0 aliphatic rings. The van der Waals surface area contributed by atoms with Gasteiger partial charge in [-0.2, -0.15) is 4.39 Å². The van der Waals surface area contributed by atoms with Gasteiger partial charge in [0.05, 0.1) is 21.5 Å². The van der Waals surface area contributed by atoms with E-state index in [0.29, 0.717) is 18.4 Å². The molecule has 8 nitrogen and oxygen atoms in total. The molecule has 0 amide bonds. The molecule has 102 valence electrons. The van der Waals surface area contributed by atoms with Gasteiger partial charge < -0.3 is 4.42 Å². The Balaban J connectivity index is 2.68. The van der Waals surface area contributed by atoms with E-state index in [-0.39, 0.29) is 17.1 Å². The molecule has 2 rings (SSSR count). The summed E-state index contributed by atoms with van der Waals surface area (Å²) in [5.41, 5.74) is -1.99. The van der Waals surface area contributed by atoms with Crippen LogP contribution in [-0.2, 0) is 0 Å². The molecule has 9 heteroatoms. The minimum Gasteiger partial charge on any atom is -0.453 e. The number of rotatable bonds is 4. The van der Waals surface area contributed by atoms with E-state index in [4.69, 9.17) is 4.42 Å². The van der Waals surface area contributed by atoms with Crippen LogP contribution >= 0.6 is 0 Å². The lowest BCUT2D eigenvalue weighted by atomic mass is 10.1. The smallest absolute Gasteiger partial charge is 0.311 e. The van der Waals surface area contributed by atoms with Crippen molar-refractivity contribution in [1.29, 1.82) is 0 Å². The summed E-state index contributed by atoms with van der Waals surface area (Å²) < 4.78 is 18.5. The van der Waals surface area contributed by atoms with Crippen LogP contribution in [0, 0.1) is 26.0 Å². The predicted molar refractivity (Wildman–Crippen MR) is 62.8 cm³/mol. The van der Waals surface area contributed by atoms with Gasteiger partial charge in [0.25, 0.3) is 5.69 Å². The molecule has 0 saturated heterocycles. The van der Waals surface area contributed by atoms with Gasteiger partial charge in [0.15, 0.2) is 12.0 Å². The van der Waals surface area contributed by atoms with Crippen LogP contribution in [-0.4, -0.2) is 16.1 Å². The van der Waals surface area contributed by atoms with E-state index in [1.54, 1.807) is 0 Å². The van der Waals surface area contributed by atoms with Crippen molar-refractivity contribution in [2.75, 3.05) is 0 Å². The Hall–Kier alpha value is -3.10. The molecule has 0 saturated carbocycles. The van der Waals surface area contributed by atoms with E-state index in [2.05, 4.69) is 0 Å². The molecule has 2 aromatic rings. The highest BCUT2D eigenvalue weighted by Gasteiger charge is 2.26. The molecule has 20 heavy (non-hydrogen) atoms. The summed E-state index contributed by atoms with van der Waals surface area (Å²) >= 11 is 0. The van der Waals surface area contributed by atoms with Crippen molar-refractivity contribution >= 4 is 17.7 Å². The van der Waals surface area contributed by atoms with Gasteiger partial charge in [0.1, 0.15) is 5.76 Å². The minimum atomic E-state index is -1.24. The molecular weight excluding hydrogens is 275 g/mol. The first-order valence-electron chi connectivity index (χ1n) is 5.11. The van der Waals surface area contributed by atoms with Gasteiger partial charge in [-0.3, -0.25) is 25.0 Å². The van der Waals surface area contributed by atoms with Crippen LogP contribution in [0.15, 0.2) is 28.7 Å². The van der Waals surface area contributed by atoms with Crippen molar-refractivity contribution in [3.63, 3.8) is 0 Å². The number of furan rings is 1. The number of nitro groups is 2. The maximum Gasteiger partial charge on any atom is 0.311 e. The van der Waals surface area contributed by atoms with Crippen molar-refractivity contribution in [3.05, 3.63) is 56.1 Å². The molecule has 0 unspecified atom stereocenters. The normalized spacial score (nSPS) is 10.2. The first kappa shape index (κ1) is 13.3. The second kappa shape index (κ2) is 4.88. The monoisotopic (exact) mass is 280 g/mol. The van der Waals surface area contributed by atoms with Gasteiger partial charge in [-0.25, -0.2) is 0 Å². The number of hydrogen-bond donors (Lipinski definition) is 0. The van der Waals surface area contributed by atoms with Crippen molar-refractivity contribution in [2.45, 2.75) is 0 Å². The summed E-state index contributed by atoms with van der Waals surface area (Å²) in [6.07, 6.45) is 0.372. The fraction of sp³-hybridized carbons (Fsp3) is 0. The van der Waals surface area contributed by atoms with Gasteiger partial charge in [0.2, 0.25) is 5.82 Å². The summed E-state index contributed by atoms with van der Waals surface area (Å²) in [4.78, 5) is 30.0. The van der Waals surface area contributed by atoms with Crippen LogP contribution in [0.4, 0.5) is 15.8 Å². The molecule has 0 spiro atoms. The van der Waals surface area contributed by atoms with E-state index in [1.807, 2.05) is 0 Å². The Bertz CT molecular complexity index is 724. The van der Waals surface area contributed by atoms with Crippen molar-refractivity contribution < 1.29 is 23.4 Å². The summed E-state index contributed by atoms with van der Waals surface area (Å²) in [6.45, 7) is 0. The third-order valence-corrected chi connectivity index (χ3v) is 2.47. The molecule has 0 atom stereocenters. The molecule has 0 aliphatic carbocycles. The lowest BCUT2D eigenvalue weighted by Crippen LogP contribution is -1.98. The number of carbonyl (C=O) groups is 1. The summed E-state index contributed by atoms with van der Waals surface area (Å²) in [5, 5.41) is 21.5. The SMILES string of the molecule is O=Cc1ccc(-c2cc(F)c([N+](=O)[O-])cc2[N+](=O)[O-])o1. The van der Waals surface area contributed by atoms with Crippen LogP contribution in [0.5, 0.6) is 0 Å². The molecule has 1 aromatic heterocycles. The highest BCUT2D eigenvalue weighted by atomic mass is 19.1. The van der Waals surface area contributed by atoms with Crippen LogP contribution < -0.4 is 0 Å². The zero-order chi connectivity index (χ0) is 14.9. The summed E-state index contributed by atoms with van der Waals surface area (Å²) in [6, 6.07) is 3.61. The Morgan fingerprint density at radius 3 is 2.25 bits per heavy atom. The Labute approximate surface area is 109 Å². The van der Waals surface area contributed by atoms with Crippen molar-refractivity contribution in [2.24, 2.45) is 0 Å². The average Bonchev–Trinajstić information content (AvgIpc) is 2.86. The van der Waals surface area contributed by atoms with Crippen molar-refractivity contribution in [1.82, 2.24) is 0 Å². The molecule has 0 N–H and O–H groups in total. The number of hydrogen-bond acceptors (Lipinski definition) is 6. The molecule has 0 radical (unpaired) electrons. The van der Waals surface area contributed by atoms with Crippen molar-refractivity contribution in [3.8, 4) is 11.3 Å². The third kappa shape index (κ3) is 2.23. The molecular formula is C11H5FN2O6. The van der Waals surface area contributed by atoms with Crippen LogP contribution in [0.3, 0.4) is 0 Å². The molecule has 0 fully saturated rings. The quantitative estimate of drug-likeness (QED) is 0.482. The number of nitro benzene ring substituents is 2. The second-order valence-corrected chi connectivity index (χ2v) is 3.65. The molecule has 1 heterocycles. The van der Waals surface area contributed by atoms with Gasteiger partial charge >= 0.3 is 5.69 Å². The van der Waals surface area contributed by atoms with Gasteiger partial charge in [0, 0.05) is 0 Å². The van der Waals surface area contributed by atoms with Gasteiger partial charge in [-0.1, -0.05) is 0 Å². The van der Waals surface area contributed by atoms with Crippen LogP contribution in [0.2, 0.25) is 0 Å². The first-order chi connectivity index (χ1) is 9.43. The van der Waals surface area contributed by atoms with Crippen LogP contribution in [0.25, 0.3) is 11.3 Å². The van der Waals surface area contributed by atoms with E-state index < -0.39 is 27.0 Å². The summed E-state index contributed by atoms with van der Waals surface area (Å²) in [5.74, 6) is -1.47. The average molecular weight is 280 g/mol. The number of benzene rings is 1. The standard InChI is InChI=1S/C11H5FN2O6/c12-8-3-7(11-2-1-6(5-15)20-11)9(13(16)17)4-10(8)14(18)19/h1-5H. The lowest BCUT2D eigenvalue weighted by Gasteiger charge is -2.01. The van der Waals surface area contributed by atoms with E-state index >= 15 is 0 Å². The summed E-state index contributed by atoms with van der Waals surface area (Å²) in [7, 11) is 0. The fourth-order valence-electron chi connectivity index (χ4n) is 1.60. The zero-order valence-corrected chi connectivity index (χ0v) is 9.61. The maximum atomic E-state index is 13.5. The van der Waals surface area contributed by atoms with Gasteiger partial charge in [-0.05, 0) is 18.2 Å². The fourth-order valence-corrected chi connectivity index (χ4v) is 1.60. The Morgan fingerprint density at radius 1 is 1.10 bits per heavy atom. The zero-order valence-electron chi connectivity index (χ0n) is 9.61. The number of carbonyl (C=O) groups excluding carboxylic acids is 1.